The van der Waals surface area contributed by atoms with Gasteiger partial charge >= 0.3 is 0 Å². The van der Waals surface area contributed by atoms with Gasteiger partial charge in [0, 0.05) is 37.3 Å². The summed E-state index contributed by atoms with van der Waals surface area (Å²) in [6.45, 7) is 4.11. The number of piperidine rings is 1. The molecule has 1 aliphatic heterocycles. The Morgan fingerprint density at radius 2 is 1.71 bits per heavy atom. The molecule has 0 atom stereocenters. The molecule has 1 fully saturated rings. The second kappa shape index (κ2) is 9.49. The number of hydrogen-bond donors (Lipinski definition) is 2. The molecule has 2 aromatic carbocycles. The molecule has 0 aromatic heterocycles. The van der Waals surface area contributed by atoms with Gasteiger partial charge < -0.3 is 15.0 Å². The Labute approximate surface area is 182 Å². The molecular weight excluding hydrogens is 418 g/mol. The number of hydrogen-bond acceptors (Lipinski definition) is 5. The smallest absolute Gasteiger partial charge is 0.254 e. The third kappa shape index (κ3) is 5.42. The van der Waals surface area contributed by atoms with Crippen molar-refractivity contribution >= 4 is 27.5 Å². The molecule has 0 unspecified atom stereocenters. The first-order valence-corrected chi connectivity index (χ1v) is 11.5. The molecule has 31 heavy (non-hydrogen) atoms. The fraction of sp³-hybridized carbons (Fsp3) is 0.364. The molecule has 1 heterocycles. The number of sulfonamides is 1. The van der Waals surface area contributed by atoms with Crippen LogP contribution in [0.25, 0.3) is 0 Å². The highest BCUT2D eigenvalue weighted by atomic mass is 32.2. The zero-order valence-corrected chi connectivity index (χ0v) is 18.7. The summed E-state index contributed by atoms with van der Waals surface area (Å²) in [5.74, 6) is 0.266. The van der Waals surface area contributed by atoms with Crippen LogP contribution in [-0.4, -0.2) is 51.4 Å². The topological polar surface area (TPSA) is 105 Å². The maximum atomic E-state index is 13.0. The van der Waals surface area contributed by atoms with E-state index in [1.54, 1.807) is 42.2 Å². The van der Waals surface area contributed by atoms with Crippen LogP contribution in [0.2, 0.25) is 0 Å². The lowest BCUT2D eigenvalue weighted by atomic mass is 10.0. The molecule has 1 saturated heterocycles. The predicted molar refractivity (Wildman–Crippen MR) is 118 cm³/mol. The van der Waals surface area contributed by atoms with Gasteiger partial charge in [0.2, 0.25) is 15.9 Å². The molecule has 0 bridgehead atoms. The zero-order chi connectivity index (χ0) is 22.6. The Morgan fingerprint density at radius 1 is 1.06 bits per heavy atom. The Balaban J connectivity index is 1.63. The van der Waals surface area contributed by atoms with Crippen LogP contribution in [0, 0.1) is 6.92 Å². The molecule has 0 aliphatic carbocycles. The van der Waals surface area contributed by atoms with Crippen molar-refractivity contribution in [3.63, 3.8) is 0 Å². The van der Waals surface area contributed by atoms with Crippen molar-refractivity contribution in [2.45, 2.75) is 37.6 Å². The monoisotopic (exact) mass is 445 g/mol. The van der Waals surface area contributed by atoms with Crippen molar-refractivity contribution in [3.05, 3.63) is 53.6 Å². The van der Waals surface area contributed by atoms with E-state index in [0.717, 1.165) is 0 Å². The molecule has 0 radical (unpaired) electrons. The number of anilines is 1. The summed E-state index contributed by atoms with van der Waals surface area (Å²) < 4.78 is 33.1. The second-order valence-electron chi connectivity index (χ2n) is 7.52. The first-order chi connectivity index (χ1) is 14.7. The highest BCUT2D eigenvalue weighted by Gasteiger charge is 2.28. The average molecular weight is 446 g/mol. The summed E-state index contributed by atoms with van der Waals surface area (Å²) in [6, 6.07) is 11.2. The fourth-order valence-electron chi connectivity index (χ4n) is 3.61. The fourth-order valence-corrected chi connectivity index (χ4v) is 4.91. The Hall–Kier alpha value is -2.91. The molecule has 3 rings (SSSR count). The maximum absolute atomic E-state index is 13.0. The van der Waals surface area contributed by atoms with Crippen LogP contribution >= 0.6 is 0 Å². The van der Waals surface area contributed by atoms with Gasteiger partial charge in [0.15, 0.2) is 0 Å². The van der Waals surface area contributed by atoms with E-state index < -0.39 is 10.0 Å². The summed E-state index contributed by atoms with van der Waals surface area (Å²) in [5, 5.41) is 2.73. The van der Waals surface area contributed by atoms with Crippen molar-refractivity contribution < 1.29 is 22.7 Å². The number of carbonyl (C=O) groups excluding carboxylic acids is 2. The van der Waals surface area contributed by atoms with Gasteiger partial charge in [-0.1, -0.05) is 6.07 Å². The van der Waals surface area contributed by atoms with Crippen molar-refractivity contribution in [2.24, 2.45) is 0 Å². The van der Waals surface area contributed by atoms with Gasteiger partial charge in [-0.2, -0.15) is 0 Å². The SMILES string of the molecule is COc1ccc(S(=O)(=O)NC2CCN(C(=O)c3cccc(NC(C)=O)c3C)CC2)cc1. The maximum Gasteiger partial charge on any atom is 0.254 e. The van der Waals surface area contributed by atoms with Crippen LogP contribution in [0.3, 0.4) is 0 Å². The lowest BCUT2D eigenvalue weighted by Crippen LogP contribution is -2.46. The Bertz CT molecular complexity index is 1060. The minimum Gasteiger partial charge on any atom is -0.497 e. The second-order valence-corrected chi connectivity index (χ2v) is 9.24. The van der Waals surface area contributed by atoms with Crippen LogP contribution in [0.5, 0.6) is 5.75 Å². The average Bonchev–Trinajstić information content (AvgIpc) is 2.75. The minimum absolute atomic E-state index is 0.124. The molecule has 166 valence electrons. The van der Waals surface area contributed by atoms with Gasteiger partial charge in [-0.3, -0.25) is 9.59 Å². The number of benzene rings is 2. The predicted octanol–water partition coefficient (Wildman–Crippen LogP) is 2.55. The number of methoxy groups -OCH3 is 1. The number of nitrogens with zero attached hydrogens (tertiary/aromatic N) is 1. The van der Waals surface area contributed by atoms with Gasteiger partial charge in [-0.05, 0) is 61.7 Å². The molecule has 2 N–H and O–H groups in total. The number of carbonyl (C=O) groups is 2. The standard InChI is InChI=1S/C22H27N3O5S/c1-15-20(5-4-6-21(15)23-16(2)26)22(27)25-13-11-17(12-14-25)24-31(28,29)19-9-7-18(30-3)8-10-19/h4-10,17,24H,11-14H2,1-3H3,(H,23,26). The normalized spacial score (nSPS) is 14.9. The molecule has 2 amide bonds. The van der Waals surface area contributed by atoms with Crippen molar-refractivity contribution in [3.8, 4) is 5.75 Å². The number of amides is 2. The molecule has 1 aliphatic rings. The Kier molecular flexibility index (Phi) is 6.97. The number of likely N-dealkylation sites (tertiary alicyclic amines) is 1. The van der Waals surface area contributed by atoms with E-state index in [4.69, 9.17) is 4.74 Å². The van der Waals surface area contributed by atoms with Crippen LogP contribution in [0.4, 0.5) is 5.69 Å². The molecule has 2 aromatic rings. The summed E-state index contributed by atoms with van der Waals surface area (Å²) in [4.78, 5) is 26.3. The molecule has 9 heteroatoms. The van der Waals surface area contributed by atoms with Gasteiger partial charge in [0.25, 0.3) is 5.91 Å². The minimum atomic E-state index is -3.65. The van der Waals surface area contributed by atoms with E-state index in [1.807, 2.05) is 0 Å². The highest BCUT2D eigenvalue weighted by molar-refractivity contribution is 7.89. The van der Waals surface area contributed by atoms with E-state index in [2.05, 4.69) is 10.0 Å². The third-order valence-corrected chi connectivity index (χ3v) is 6.89. The summed E-state index contributed by atoms with van der Waals surface area (Å²) >= 11 is 0. The van der Waals surface area contributed by atoms with Crippen LogP contribution in [-0.2, 0) is 14.8 Å². The summed E-state index contributed by atoms with van der Waals surface area (Å²) in [5.41, 5.74) is 1.86. The summed E-state index contributed by atoms with van der Waals surface area (Å²) in [7, 11) is -2.13. The van der Waals surface area contributed by atoms with Crippen LogP contribution < -0.4 is 14.8 Å². The Morgan fingerprint density at radius 3 is 2.29 bits per heavy atom. The largest absolute Gasteiger partial charge is 0.497 e. The quantitative estimate of drug-likeness (QED) is 0.711. The van der Waals surface area contributed by atoms with Crippen molar-refractivity contribution in [1.82, 2.24) is 9.62 Å². The van der Waals surface area contributed by atoms with Gasteiger partial charge in [-0.15, -0.1) is 0 Å². The van der Waals surface area contributed by atoms with E-state index in [-0.39, 0.29) is 22.8 Å². The van der Waals surface area contributed by atoms with E-state index >= 15 is 0 Å². The van der Waals surface area contributed by atoms with Gasteiger partial charge in [0.1, 0.15) is 5.75 Å². The third-order valence-electron chi connectivity index (χ3n) is 5.35. The highest BCUT2D eigenvalue weighted by Crippen LogP contribution is 2.23. The summed E-state index contributed by atoms with van der Waals surface area (Å²) in [6.07, 6.45) is 1.04. The molecule has 0 saturated carbocycles. The number of ether oxygens (including phenoxy) is 1. The van der Waals surface area contributed by atoms with Crippen molar-refractivity contribution in [1.29, 1.82) is 0 Å². The number of rotatable bonds is 6. The van der Waals surface area contributed by atoms with Gasteiger partial charge in [-0.25, -0.2) is 13.1 Å². The lowest BCUT2D eigenvalue weighted by molar-refractivity contribution is -0.114. The van der Waals surface area contributed by atoms with E-state index in [9.17, 15) is 18.0 Å². The lowest BCUT2D eigenvalue weighted by Gasteiger charge is -2.32. The van der Waals surface area contributed by atoms with Gasteiger partial charge in [0.05, 0.1) is 12.0 Å². The molecule has 0 spiro atoms. The van der Waals surface area contributed by atoms with Crippen molar-refractivity contribution in [2.75, 3.05) is 25.5 Å². The first kappa shape index (κ1) is 22.8. The van der Waals surface area contributed by atoms with Crippen LogP contribution in [0.1, 0.15) is 35.7 Å². The number of nitrogens with one attached hydrogen (secondary N) is 2. The molecular formula is C22H27N3O5S. The first-order valence-electron chi connectivity index (χ1n) is 10.0. The molecule has 8 nitrogen and oxygen atoms in total. The zero-order valence-electron chi connectivity index (χ0n) is 17.8. The van der Waals surface area contributed by atoms with E-state index in [0.29, 0.717) is 48.5 Å². The van der Waals surface area contributed by atoms with E-state index in [1.165, 1.54) is 26.2 Å². The van der Waals surface area contributed by atoms with Crippen LogP contribution in [0.15, 0.2) is 47.4 Å².